The zero-order valence-corrected chi connectivity index (χ0v) is 8.84. The maximum atomic E-state index is 13.3. The second-order valence-corrected chi connectivity index (χ2v) is 3.31. The number of phenolic OH excluding ortho intramolecular Hbond substituents is 1. The van der Waals surface area contributed by atoms with Gasteiger partial charge in [-0.2, -0.15) is 0 Å². The summed E-state index contributed by atoms with van der Waals surface area (Å²) in [7, 11) is 1.09. The van der Waals surface area contributed by atoms with Crippen LogP contribution in [0.2, 0.25) is 0 Å². The molecule has 1 atom stereocenters. The van der Waals surface area contributed by atoms with Crippen molar-refractivity contribution in [1.82, 2.24) is 0 Å². The van der Waals surface area contributed by atoms with Gasteiger partial charge in [0.2, 0.25) is 0 Å². The lowest BCUT2D eigenvalue weighted by atomic mass is 10.0. The second-order valence-electron chi connectivity index (χ2n) is 3.31. The number of carbonyl (C=O) groups excluding carboxylic acids is 1. The molecule has 1 aromatic carbocycles. The van der Waals surface area contributed by atoms with E-state index in [2.05, 4.69) is 4.74 Å². The maximum Gasteiger partial charge on any atom is 0.307 e. The Morgan fingerprint density at radius 1 is 1.47 bits per heavy atom. The predicted octanol–water partition coefficient (Wildman–Crippen LogP) is 1.37. The van der Waals surface area contributed by atoms with Crippen LogP contribution in [0.5, 0.6) is 5.75 Å². The minimum atomic E-state index is -1.75. The summed E-state index contributed by atoms with van der Waals surface area (Å²) < 4.78 is 43.2. The van der Waals surface area contributed by atoms with Gasteiger partial charge in [-0.25, -0.2) is 13.2 Å². The molecular weight excluding hydrogens is 239 g/mol. The van der Waals surface area contributed by atoms with Crippen LogP contribution in [0, 0.1) is 17.5 Å². The molecule has 0 spiro atoms. The molecule has 0 amide bonds. The molecule has 1 aromatic rings. The Bertz CT molecular complexity index is 451. The van der Waals surface area contributed by atoms with Crippen LogP contribution in [0.3, 0.4) is 0 Å². The van der Waals surface area contributed by atoms with Gasteiger partial charge in [-0.15, -0.1) is 0 Å². The second kappa shape index (κ2) is 5.05. The van der Waals surface area contributed by atoms with Crippen molar-refractivity contribution in [3.63, 3.8) is 0 Å². The number of nitrogens with two attached hydrogens (primary N) is 1. The van der Waals surface area contributed by atoms with E-state index < -0.39 is 47.2 Å². The Hall–Kier alpha value is -1.76. The summed E-state index contributed by atoms with van der Waals surface area (Å²) in [5.74, 6) is -6.51. The summed E-state index contributed by atoms with van der Waals surface area (Å²) >= 11 is 0. The topological polar surface area (TPSA) is 72.5 Å². The SMILES string of the molecule is COC(=O)C[C@@H](N)c1c(O)cc(F)c(F)c1F. The number of halogens is 3. The van der Waals surface area contributed by atoms with Gasteiger partial charge in [0.25, 0.3) is 0 Å². The van der Waals surface area contributed by atoms with Gasteiger partial charge in [-0.1, -0.05) is 0 Å². The number of methoxy groups -OCH3 is 1. The molecular formula is C10H10F3NO3. The van der Waals surface area contributed by atoms with Crippen molar-refractivity contribution in [2.45, 2.75) is 12.5 Å². The molecule has 0 saturated heterocycles. The largest absolute Gasteiger partial charge is 0.507 e. The molecule has 0 heterocycles. The number of phenols is 1. The number of hydrogen-bond donors (Lipinski definition) is 2. The van der Waals surface area contributed by atoms with E-state index >= 15 is 0 Å². The summed E-state index contributed by atoms with van der Waals surface area (Å²) in [4.78, 5) is 10.9. The number of carbonyl (C=O) groups is 1. The number of rotatable bonds is 3. The van der Waals surface area contributed by atoms with Gasteiger partial charge in [-0.3, -0.25) is 4.79 Å². The molecule has 1 rings (SSSR count). The minimum absolute atomic E-state index is 0.394. The number of benzene rings is 1. The summed E-state index contributed by atoms with van der Waals surface area (Å²) in [6, 6.07) is -0.928. The zero-order valence-electron chi connectivity index (χ0n) is 8.84. The van der Waals surface area contributed by atoms with E-state index in [1.807, 2.05) is 0 Å². The fourth-order valence-electron chi connectivity index (χ4n) is 1.31. The summed E-state index contributed by atoms with van der Waals surface area (Å²) in [5.41, 5.74) is 4.74. The van der Waals surface area contributed by atoms with E-state index in [4.69, 9.17) is 5.73 Å². The average Bonchev–Trinajstić information content (AvgIpc) is 2.25. The number of esters is 1. The number of hydrogen-bond acceptors (Lipinski definition) is 4. The Morgan fingerprint density at radius 2 is 2.06 bits per heavy atom. The van der Waals surface area contributed by atoms with E-state index in [-0.39, 0.29) is 0 Å². The highest BCUT2D eigenvalue weighted by Crippen LogP contribution is 2.30. The normalized spacial score (nSPS) is 12.3. The monoisotopic (exact) mass is 249 g/mol. The molecule has 94 valence electrons. The van der Waals surface area contributed by atoms with Crippen molar-refractivity contribution in [3.8, 4) is 5.75 Å². The highest BCUT2D eigenvalue weighted by molar-refractivity contribution is 5.70. The van der Waals surface area contributed by atoms with Crippen molar-refractivity contribution in [3.05, 3.63) is 29.1 Å². The smallest absolute Gasteiger partial charge is 0.307 e. The molecule has 0 unspecified atom stereocenters. The molecule has 4 nitrogen and oxygen atoms in total. The summed E-state index contributed by atoms with van der Waals surface area (Å²) in [5, 5.41) is 9.27. The van der Waals surface area contributed by atoms with Crippen LogP contribution in [0.25, 0.3) is 0 Å². The first-order valence-electron chi connectivity index (χ1n) is 4.57. The van der Waals surface area contributed by atoms with Crippen LogP contribution < -0.4 is 5.73 Å². The highest BCUT2D eigenvalue weighted by atomic mass is 19.2. The molecule has 17 heavy (non-hydrogen) atoms. The average molecular weight is 249 g/mol. The first-order chi connectivity index (χ1) is 7.88. The van der Waals surface area contributed by atoms with Crippen molar-refractivity contribution in [2.24, 2.45) is 5.73 Å². The molecule has 0 aliphatic carbocycles. The lowest BCUT2D eigenvalue weighted by Gasteiger charge is -2.14. The van der Waals surface area contributed by atoms with E-state index in [9.17, 15) is 23.1 Å². The van der Waals surface area contributed by atoms with Gasteiger partial charge in [0.1, 0.15) is 5.75 Å². The molecule has 0 fully saturated rings. The summed E-state index contributed by atoms with van der Waals surface area (Å²) in [6.07, 6.45) is -0.466. The maximum absolute atomic E-state index is 13.3. The Kier molecular flexibility index (Phi) is 3.95. The molecule has 0 saturated carbocycles. The molecule has 0 bridgehead atoms. The molecule has 0 aromatic heterocycles. The van der Waals surface area contributed by atoms with Crippen LogP contribution in [-0.4, -0.2) is 18.2 Å². The summed E-state index contributed by atoms with van der Waals surface area (Å²) in [6.45, 7) is 0. The molecule has 3 N–H and O–H groups in total. The van der Waals surface area contributed by atoms with Crippen molar-refractivity contribution in [1.29, 1.82) is 0 Å². The third-order valence-corrected chi connectivity index (χ3v) is 2.16. The Morgan fingerprint density at radius 3 is 2.59 bits per heavy atom. The van der Waals surface area contributed by atoms with Crippen molar-refractivity contribution in [2.75, 3.05) is 7.11 Å². The number of aromatic hydroxyl groups is 1. The van der Waals surface area contributed by atoms with E-state index in [1.54, 1.807) is 0 Å². The van der Waals surface area contributed by atoms with E-state index in [0.29, 0.717) is 6.07 Å². The fraction of sp³-hybridized carbons (Fsp3) is 0.300. The van der Waals surface area contributed by atoms with Gasteiger partial charge in [0, 0.05) is 12.1 Å². The van der Waals surface area contributed by atoms with Crippen LogP contribution >= 0.6 is 0 Å². The molecule has 0 aliphatic rings. The fourth-order valence-corrected chi connectivity index (χ4v) is 1.31. The Labute approximate surface area is 94.8 Å². The van der Waals surface area contributed by atoms with Crippen LogP contribution in [0.15, 0.2) is 6.07 Å². The van der Waals surface area contributed by atoms with Crippen LogP contribution in [0.4, 0.5) is 13.2 Å². The molecule has 0 radical (unpaired) electrons. The van der Waals surface area contributed by atoms with Gasteiger partial charge in [-0.05, 0) is 0 Å². The van der Waals surface area contributed by atoms with E-state index in [1.165, 1.54) is 0 Å². The quantitative estimate of drug-likeness (QED) is 0.627. The lowest BCUT2D eigenvalue weighted by Crippen LogP contribution is -2.18. The number of ether oxygens (including phenoxy) is 1. The van der Waals surface area contributed by atoms with Gasteiger partial charge >= 0.3 is 5.97 Å². The lowest BCUT2D eigenvalue weighted by molar-refractivity contribution is -0.141. The highest BCUT2D eigenvalue weighted by Gasteiger charge is 2.24. The third kappa shape index (κ3) is 2.68. The first-order valence-corrected chi connectivity index (χ1v) is 4.57. The third-order valence-electron chi connectivity index (χ3n) is 2.16. The first kappa shape index (κ1) is 13.3. The van der Waals surface area contributed by atoms with Crippen molar-refractivity contribution < 1.29 is 27.8 Å². The molecule has 0 aliphatic heterocycles. The predicted molar refractivity (Wildman–Crippen MR) is 51.5 cm³/mol. The van der Waals surface area contributed by atoms with Crippen LogP contribution in [0.1, 0.15) is 18.0 Å². The van der Waals surface area contributed by atoms with Gasteiger partial charge < -0.3 is 15.6 Å². The van der Waals surface area contributed by atoms with Crippen LogP contribution in [-0.2, 0) is 9.53 Å². The molecule has 7 heteroatoms. The standard InChI is InChI=1S/C10H10F3NO3/c1-17-7(16)3-5(14)8-6(15)2-4(11)9(12)10(8)13/h2,5,15H,3,14H2,1H3/t5-/m1/s1. The minimum Gasteiger partial charge on any atom is -0.507 e. The van der Waals surface area contributed by atoms with Gasteiger partial charge in [0.05, 0.1) is 19.1 Å². The Balaban J connectivity index is 3.13. The van der Waals surface area contributed by atoms with E-state index in [0.717, 1.165) is 7.11 Å². The zero-order chi connectivity index (χ0) is 13.2. The van der Waals surface area contributed by atoms with Crippen molar-refractivity contribution >= 4 is 5.97 Å². The van der Waals surface area contributed by atoms with Gasteiger partial charge in [0.15, 0.2) is 17.5 Å².